The second kappa shape index (κ2) is 5.82. The molecule has 0 spiro atoms. The van der Waals surface area contributed by atoms with Gasteiger partial charge < -0.3 is 11.1 Å². The van der Waals surface area contributed by atoms with Crippen LogP contribution in [0, 0.1) is 5.82 Å². The molecule has 0 aliphatic carbocycles. The van der Waals surface area contributed by atoms with Gasteiger partial charge in [-0.3, -0.25) is 4.79 Å². The summed E-state index contributed by atoms with van der Waals surface area (Å²) in [5.41, 5.74) is 5.88. The highest BCUT2D eigenvalue weighted by Crippen LogP contribution is 2.16. The third-order valence-electron chi connectivity index (χ3n) is 1.82. The van der Waals surface area contributed by atoms with Crippen LogP contribution in [-0.2, 0) is 11.2 Å². The summed E-state index contributed by atoms with van der Waals surface area (Å²) in [5.74, 6) is -0.513. The van der Waals surface area contributed by atoms with Crippen molar-refractivity contribution in [3.63, 3.8) is 0 Å². The summed E-state index contributed by atoms with van der Waals surface area (Å²) in [6.45, 7) is 0.846. The summed E-state index contributed by atoms with van der Waals surface area (Å²) in [5, 5.41) is 2.62. The van der Waals surface area contributed by atoms with Crippen LogP contribution in [0.2, 0.25) is 0 Å². The molecule has 1 aromatic rings. The van der Waals surface area contributed by atoms with Gasteiger partial charge in [0.15, 0.2) is 0 Å². The Bertz CT molecular complexity index is 357. The van der Waals surface area contributed by atoms with Crippen LogP contribution in [0.4, 0.5) is 4.39 Å². The summed E-state index contributed by atoms with van der Waals surface area (Å²) in [7, 11) is 0. The maximum absolute atomic E-state index is 13.1. The van der Waals surface area contributed by atoms with Crippen molar-refractivity contribution in [1.82, 2.24) is 5.32 Å². The Morgan fingerprint density at radius 1 is 1.53 bits per heavy atom. The molecule has 0 atom stereocenters. The van der Waals surface area contributed by atoms with Gasteiger partial charge in [0.2, 0.25) is 5.91 Å². The smallest absolute Gasteiger partial charge is 0.224 e. The van der Waals surface area contributed by atoms with E-state index in [0.29, 0.717) is 23.1 Å². The lowest BCUT2D eigenvalue weighted by Gasteiger charge is -2.04. The van der Waals surface area contributed by atoms with Crippen molar-refractivity contribution >= 4 is 21.8 Å². The van der Waals surface area contributed by atoms with E-state index in [4.69, 9.17) is 5.73 Å². The second-order valence-electron chi connectivity index (χ2n) is 3.06. The Hall–Kier alpha value is -0.940. The van der Waals surface area contributed by atoms with Gasteiger partial charge in [0, 0.05) is 13.1 Å². The normalized spacial score (nSPS) is 10.1. The van der Waals surface area contributed by atoms with Gasteiger partial charge >= 0.3 is 0 Å². The number of hydrogen-bond donors (Lipinski definition) is 2. The maximum atomic E-state index is 13.1. The molecule has 1 aromatic carbocycles. The van der Waals surface area contributed by atoms with Crippen molar-refractivity contribution < 1.29 is 9.18 Å². The van der Waals surface area contributed by atoms with E-state index in [1.54, 1.807) is 12.1 Å². The number of nitrogens with two attached hydrogens (primary N) is 1. The molecule has 0 fully saturated rings. The predicted octanol–water partition coefficient (Wildman–Crippen LogP) is 1.21. The monoisotopic (exact) mass is 274 g/mol. The molecule has 0 radical (unpaired) electrons. The number of amides is 1. The van der Waals surface area contributed by atoms with E-state index in [2.05, 4.69) is 21.2 Å². The number of nitrogens with one attached hydrogen (secondary N) is 1. The highest BCUT2D eigenvalue weighted by Gasteiger charge is 2.05. The molecule has 0 heterocycles. The fourth-order valence-electron chi connectivity index (χ4n) is 1.11. The fraction of sp³-hybridized carbons (Fsp3) is 0.300. The molecular weight excluding hydrogens is 263 g/mol. The Morgan fingerprint density at radius 3 is 2.87 bits per heavy atom. The zero-order valence-corrected chi connectivity index (χ0v) is 9.68. The number of halogens is 2. The lowest BCUT2D eigenvalue weighted by Crippen LogP contribution is -2.30. The minimum atomic E-state index is -0.362. The summed E-state index contributed by atoms with van der Waals surface area (Å²) < 4.78 is 13.5. The van der Waals surface area contributed by atoms with Gasteiger partial charge in [0.05, 0.1) is 10.9 Å². The van der Waals surface area contributed by atoms with Crippen LogP contribution in [0.1, 0.15) is 5.56 Å². The van der Waals surface area contributed by atoms with Crippen molar-refractivity contribution in [2.24, 2.45) is 5.73 Å². The predicted molar refractivity (Wildman–Crippen MR) is 59.9 cm³/mol. The zero-order chi connectivity index (χ0) is 11.3. The molecular formula is C10H12BrFN2O. The van der Waals surface area contributed by atoms with E-state index in [0.717, 1.165) is 0 Å². The van der Waals surface area contributed by atoms with Gasteiger partial charge in [-0.15, -0.1) is 0 Å². The molecule has 3 N–H and O–H groups in total. The Morgan fingerprint density at radius 2 is 2.27 bits per heavy atom. The van der Waals surface area contributed by atoms with Crippen molar-refractivity contribution in [2.75, 3.05) is 13.1 Å². The van der Waals surface area contributed by atoms with Gasteiger partial charge in [-0.2, -0.15) is 0 Å². The lowest BCUT2D eigenvalue weighted by atomic mass is 10.1. The molecule has 3 nitrogen and oxygen atoms in total. The third-order valence-corrected chi connectivity index (χ3v) is 2.46. The summed E-state index contributed by atoms with van der Waals surface area (Å²) in [4.78, 5) is 11.3. The minimum absolute atomic E-state index is 0.151. The summed E-state index contributed by atoms with van der Waals surface area (Å²) in [6.07, 6.45) is 0.171. The highest BCUT2D eigenvalue weighted by atomic mass is 79.9. The van der Waals surface area contributed by atoms with Gasteiger partial charge in [0.1, 0.15) is 5.82 Å². The molecule has 0 aliphatic heterocycles. The average molecular weight is 275 g/mol. The second-order valence-corrected chi connectivity index (χ2v) is 3.92. The fourth-order valence-corrected chi connectivity index (χ4v) is 1.36. The first kappa shape index (κ1) is 12.1. The molecule has 5 heteroatoms. The first-order valence-electron chi connectivity index (χ1n) is 4.54. The van der Waals surface area contributed by atoms with Crippen LogP contribution in [0.3, 0.4) is 0 Å². The van der Waals surface area contributed by atoms with Crippen molar-refractivity contribution in [1.29, 1.82) is 0 Å². The lowest BCUT2D eigenvalue weighted by molar-refractivity contribution is -0.120. The van der Waals surface area contributed by atoms with Crippen LogP contribution < -0.4 is 11.1 Å². The average Bonchev–Trinajstić information content (AvgIpc) is 2.20. The van der Waals surface area contributed by atoms with Crippen LogP contribution in [0.25, 0.3) is 0 Å². The molecule has 15 heavy (non-hydrogen) atoms. The Kier molecular flexibility index (Phi) is 4.71. The molecule has 0 aromatic heterocycles. The first-order chi connectivity index (χ1) is 7.13. The number of carbonyl (C=O) groups excluding carboxylic acids is 1. The Labute approximate surface area is 96.0 Å². The largest absolute Gasteiger partial charge is 0.355 e. The molecule has 1 amide bonds. The van der Waals surface area contributed by atoms with Gasteiger partial charge in [0.25, 0.3) is 0 Å². The van der Waals surface area contributed by atoms with Crippen LogP contribution in [0.15, 0.2) is 22.7 Å². The van der Waals surface area contributed by atoms with Gasteiger partial charge in [-0.1, -0.05) is 6.07 Å². The minimum Gasteiger partial charge on any atom is -0.355 e. The summed E-state index contributed by atoms with van der Waals surface area (Å²) in [6, 6.07) is 4.63. The maximum Gasteiger partial charge on any atom is 0.224 e. The third kappa shape index (κ3) is 3.97. The quantitative estimate of drug-likeness (QED) is 0.867. The van der Waals surface area contributed by atoms with Crippen LogP contribution >= 0.6 is 15.9 Å². The van der Waals surface area contributed by atoms with Crippen molar-refractivity contribution in [3.05, 3.63) is 34.1 Å². The molecule has 0 bridgehead atoms. The van der Waals surface area contributed by atoms with Crippen LogP contribution in [-0.4, -0.2) is 19.0 Å². The van der Waals surface area contributed by atoms with E-state index < -0.39 is 0 Å². The standard InChI is InChI=1S/C10H12BrFN2O/c11-8-2-1-7(5-9(8)12)6-10(15)14-4-3-13/h1-2,5H,3-4,6,13H2,(H,14,15). The van der Waals surface area contributed by atoms with Crippen molar-refractivity contribution in [3.8, 4) is 0 Å². The molecule has 0 saturated heterocycles. The number of rotatable bonds is 4. The highest BCUT2D eigenvalue weighted by molar-refractivity contribution is 9.10. The van der Waals surface area contributed by atoms with Crippen LogP contribution in [0.5, 0.6) is 0 Å². The summed E-state index contributed by atoms with van der Waals surface area (Å²) >= 11 is 3.05. The molecule has 0 aliphatic rings. The number of benzene rings is 1. The van der Waals surface area contributed by atoms with Gasteiger partial charge in [-0.25, -0.2) is 4.39 Å². The van der Waals surface area contributed by atoms with E-state index >= 15 is 0 Å². The zero-order valence-electron chi connectivity index (χ0n) is 8.09. The van der Waals surface area contributed by atoms with E-state index in [1.807, 2.05) is 0 Å². The SMILES string of the molecule is NCCNC(=O)Cc1ccc(Br)c(F)c1. The first-order valence-corrected chi connectivity index (χ1v) is 5.33. The molecule has 0 saturated carbocycles. The van der Waals surface area contributed by atoms with E-state index in [9.17, 15) is 9.18 Å². The Balaban J connectivity index is 2.57. The van der Waals surface area contributed by atoms with Crippen molar-refractivity contribution in [2.45, 2.75) is 6.42 Å². The number of hydrogen-bond acceptors (Lipinski definition) is 2. The molecule has 0 unspecified atom stereocenters. The van der Waals surface area contributed by atoms with E-state index in [-0.39, 0.29) is 18.1 Å². The van der Waals surface area contributed by atoms with E-state index in [1.165, 1.54) is 6.07 Å². The number of carbonyl (C=O) groups is 1. The molecule has 82 valence electrons. The molecule has 1 rings (SSSR count). The van der Waals surface area contributed by atoms with Gasteiger partial charge in [-0.05, 0) is 33.6 Å². The topological polar surface area (TPSA) is 55.1 Å².